The highest BCUT2D eigenvalue weighted by Gasteiger charge is 2.34. The predicted octanol–water partition coefficient (Wildman–Crippen LogP) is 4.86. The first kappa shape index (κ1) is 27.3. The smallest absolute Gasteiger partial charge is 0.408 e. The van der Waals surface area contributed by atoms with Gasteiger partial charge in [-0.2, -0.15) is 0 Å². The molecule has 2 amide bonds. The summed E-state index contributed by atoms with van der Waals surface area (Å²) in [6.45, 7) is 7.65. The van der Waals surface area contributed by atoms with E-state index in [-0.39, 0.29) is 17.6 Å². The van der Waals surface area contributed by atoms with Gasteiger partial charge in [-0.3, -0.25) is 9.78 Å². The Hall–Kier alpha value is -3.72. The summed E-state index contributed by atoms with van der Waals surface area (Å²) in [5.74, 6) is -0.447. The van der Waals surface area contributed by atoms with Crippen molar-refractivity contribution in [3.8, 4) is 22.4 Å². The second kappa shape index (κ2) is 11.3. The highest BCUT2D eigenvalue weighted by atomic mass is 19.1. The molecular weight excluding hydrogens is 487 g/mol. The van der Waals surface area contributed by atoms with E-state index in [0.717, 1.165) is 28.1 Å². The molecule has 0 spiro atoms. The number of ether oxygens (including phenoxy) is 1. The van der Waals surface area contributed by atoms with Gasteiger partial charge in [-0.05, 0) is 94.1 Å². The topological polar surface area (TPSA) is 108 Å². The molecule has 0 saturated carbocycles. The van der Waals surface area contributed by atoms with Crippen molar-refractivity contribution < 1.29 is 23.8 Å². The van der Waals surface area contributed by atoms with Crippen molar-refractivity contribution in [1.82, 2.24) is 20.2 Å². The molecule has 3 heterocycles. The van der Waals surface area contributed by atoms with Gasteiger partial charge in [-0.1, -0.05) is 0 Å². The van der Waals surface area contributed by atoms with Gasteiger partial charge in [0, 0.05) is 42.7 Å². The lowest BCUT2D eigenvalue weighted by Crippen LogP contribution is -2.55. The summed E-state index contributed by atoms with van der Waals surface area (Å²) < 4.78 is 18.8. The van der Waals surface area contributed by atoms with E-state index in [9.17, 15) is 19.1 Å². The number of hydrogen-bond donors (Lipinski definition) is 3. The number of halogens is 1. The number of likely N-dealkylation sites (tertiary alicyclic amines) is 1. The Bertz CT molecular complexity index is 1240. The molecule has 1 aliphatic heterocycles. The monoisotopic (exact) mass is 522 g/mol. The fourth-order valence-electron chi connectivity index (χ4n) is 4.73. The molecular formula is C29H35FN4O4. The van der Waals surface area contributed by atoms with Gasteiger partial charge in [-0.25, -0.2) is 9.18 Å². The van der Waals surface area contributed by atoms with Gasteiger partial charge in [0.25, 0.3) is 0 Å². The fourth-order valence-corrected chi connectivity index (χ4v) is 4.73. The number of alkyl carbamates (subject to hydrolysis) is 1. The third-order valence-electron chi connectivity index (χ3n) is 6.63. The molecule has 1 aromatic carbocycles. The van der Waals surface area contributed by atoms with Gasteiger partial charge in [0.15, 0.2) is 0 Å². The number of carbonyl (C=O) groups excluding carboxylic acids is 2. The second-order valence-electron chi connectivity index (χ2n) is 10.7. The van der Waals surface area contributed by atoms with E-state index in [4.69, 9.17) is 4.74 Å². The third kappa shape index (κ3) is 6.58. The number of rotatable bonds is 6. The Kier molecular flexibility index (Phi) is 8.16. The molecule has 0 bridgehead atoms. The van der Waals surface area contributed by atoms with Crippen molar-refractivity contribution in [2.24, 2.45) is 0 Å². The van der Waals surface area contributed by atoms with Crippen molar-refractivity contribution in [1.29, 1.82) is 0 Å². The van der Waals surface area contributed by atoms with E-state index in [0.29, 0.717) is 25.9 Å². The van der Waals surface area contributed by atoms with Crippen LogP contribution in [-0.2, 0) is 9.53 Å². The molecule has 1 saturated heterocycles. The molecule has 3 aromatic rings. The molecule has 8 nitrogen and oxygen atoms in total. The van der Waals surface area contributed by atoms with Crippen molar-refractivity contribution in [2.45, 2.75) is 64.2 Å². The summed E-state index contributed by atoms with van der Waals surface area (Å²) in [5.41, 5.74) is 4.12. The quantitative estimate of drug-likeness (QED) is 0.429. The Labute approximate surface area is 222 Å². The predicted molar refractivity (Wildman–Crippen MR) is 143 cm³/mol. The van der Waals surface area contributed by atoms with Crippen LogP contribution >= 0.6 is 0 Å². The molecule has 2 atom stereocenters. The fraction of sp³-hybridized carbons (Fsp3) is 0.414. The van der Waals surface area contributed by atoms with Crippen LogP contribution in [0.2, 0.25) is 0 Å². The standard InChI is InChI=1S/C29H35FN4O4/c1-18(35)25(33-28(37)38-29(2,3)4)27(36)34-15-11-20(12-16-34)24-17-23(19-9-13-31-14-10-19)26(32-24)21-5-7-22(30)8-6-21/h5-10,13-14,17-18,20,25,32,35H,11-12,15-16H2,1-4H3,(H,33,37)/t18-,25+/m1/s1. The number of aliphatic hydroxyl groups is 1. The number of H-pyrrole nitrogens is 1. The number of amides is 2. The van der Waals surface area contributed by atoms with E-state index in [1.54, 1.807) is 50.2 Å². The van der Waals surface area contributed by atoms with Gasteiger partial charge in [0.05, 0.1) is 11.8 Å². The first-order valence-corrected chi connectivity index (χ1v) is 12.9. The van der Waals surface area contributed by atoms with Crippen LogP contribution < -0.4 is 5.32 Å². The molecule has 9 heteroatoms. The normalized spacial score (nSPS) is 16.1. The van der Waals surface area contributed by atoms with E-state index < -0.39 is 23.8 Å². The lowest BCUT2D eigenvalue weighted by atomic mass is 9.92. The number of nitrogens with zero attached hydrogens (tertiary/aromatic N) is 2. The average Bonchev–Trinajstić information content (AvgIpc) is 3.32. The summed E-state index contributed by atoms with van der Waals surface area (Å²) in [7, 11) is 0. The minimum atomic E-state index is -1.09. The number of benzene rings is 1. The lowest BCUT2D eigenvalue weighted by Gasteiger charge is -2.35. The molecule has 1 aliphatic rings. The summed E-state index contributed by atoms with van der Waals surface area (Å²) in [4.78, 5) is 34.8. The molecule has 4 rings (SSSR count). The van der Waals surface area contributed by atoms with Gasteiger partial charge < -0.3 is 25.0 Å². The Morgan fingerprint density at radius 1 is 1.11 bits per heavy atom. The second-order valence-corrected chi connectivity index (χ2v) is 10.7. The maximum Gasteiger partial charge on any atom is 0.408 e. The van der Waals surface area contributed by atoms with Crippen molar-refractivity contribution in [2.75, 3.05) is 13.1 Å². The van der Waals surface area contributed by atoms with E-state index in [1.807, 2.05) is 12.1 Å². The van der Waals surface area contributed by atoms with Crippen LogP contribution in [0.15, 0.2) is 54.9 Å². The zero-order valence-electron chi connectivity index (χ0n) is 22.2. The van der Waals surface area contributed by atoms with E-state index in [2.05, 4.69) is 21.4 Å². The number of nitrogens with one attached hydrogen (secondary N) is 2. The molecule has 0 radical (unpaired) electrons. The van der Waals surface area contributed by atoms with Crippen molar-refractivity contribution >= 4 is 12.0 Å². The first-order chi connectivity index (χ1) is 18.0. The number of aliphatic hydroxyl groups excluding tert-OH is 1. The number of hydrogen-bond acceptors (Lipinski definition) is 5. The molecule has 202 valence electrons. The maximum atomic E-state index is 13.6. The molecule has 38 heavy (non-hydrogen) atoms. The largest absolute Gasteiger partial charge is 0.444 e. The van der Waals surface area contributed by atoms with Gasteiger partial charge in [0.1, 0.15) is 17.5 Å². The SMILES string of the molecule is C[C@@H](O)[C@H](NC(=O)OC(C)(C)C)C(=O)N1CCC(c2cc(-c3ccncc3)c(-c3ccc(F)cc3)[nH]2)CC1. The van der Waals surface area contributed by atoms with E-state index >= 15 is 0 Å². The number of aromatic amines is 1. The third-order valence-corrected chi connectivity index (χ3v) is 6.63. The van der Waals surface area contributed by atoms with Crippen LogP contribution in [0.25, 0.3) is 22.4 Å². The summed E-state index contributed by atoms with van der Waals surface area (Å²) in [6.07, 6.45) is 3.09. The minimum absolute atomic E-state index is 0.178. The molecule has 2 aromatic heterocycles. The number of pyridine rings is 1. The zero-order chi connectivity index (χ0) is 27.4. The van der Waals surface area contributed by atoms with Gasteiger partial charge in [-0.15, -0.1) is 0 Å². The van der Waals surface area contributed by atoms with Crippen LogP contribution in [0.4, 0.5) is 9.18 Å². The molecule has 3 N–H and O–H groups in total. The van der Waals surface area contributed by atoms with E-state index in [1.165, 1.54) is 19.1 Å². The van der Waals surface area contributed by atoms with Gasteiger partial charge >= 0.3 is 6.09 Å². The number of carbonyl (C=O) groups is 2. The van der Waals surface area contributed by atoms with Crippen LogP contribution in [0.1, 0.15) is 52.1 Å². The Morgan fingerprint density at radius 3 is 2.32 bits per heavy atom. The first-order valence-electron chi connectivity index (χ1n) is 12.9. The highest BCUT2D eigenvalue weighted by molar-refractivity contribution is 5.86. The molecule has 1 fully saturated rings. The summed E-state index contributed by atoms with van der Waals surface area (Å²) in [5, 5.41) is 12.7. The van der Waals surface area contributed by atoms with Crippen LogP contribution in [0, 0.1) is 5.82 Å². The Balaban J connectivity index is 1.49. The van der Waals surface area contributed by atoms with Crippen molar-refractivity contribution in [3.05, 3.63) is 66.4 Å². The highest BCUT2D eigenvalue weighted by Crippen LogP contribution is 2.37. The van der Waals surface area contributed by atoms with Crippen LogP contribution in [0.5, 0.6) is 0 Å². The molecule has 0 aliphatic carbocycles. The number of aromatic nitrogens is 2. The summed E-state index contributed by atoms with van der Waals surface area (Å²) in [6, 6.07) is 11.3. The lowest BCUT2D eigenvalue weighted by molar-refractivity contribution is -0.137. The van der Waals surface area contributed by atoms with Gasteiger partial charge in [0.2, 0.25) is 5.91 Å². The molecule has 0 unspecified atom stereocenters. The average molecular weight is 523 g/mol. The van der Waals surface area contributed by atoms with Crippen molar-refractivity contribution in [3.63, 3.8) is 0 Å². The maximum absolute atomic E-state index is 13.6. The number of piperidine rings is 1. The Morgan fingerprint density at radius 2 is 1.74 bits per heavy atom. The van der Waals surface area contributed by atoms with Crippen LogP contribution in [0.3, 0.4) is 0 Å². The zero-order valence-corrected chi connectivity index (χ0v) is 22.2. The minimum Gasteiger partial charge on any atom is -0.444 e. The van der Waals surface area contributed by atoms with Crippen LogP contribution in [-0.4, -0.2) is 62.8 Å². The summed E-state index contributed by atoms with van der Waals surface area (Å²) >= 11 is 0.